The molecule has 0 aromatic heterocycles. The van der Waals surface area contributed by atoms with E-state index in [0.29, 0.717) is 16.7 Å². The third-order valence-electron chi connectivity index (χ3n) is 6.39. The Labute approximate surface area is 182 Å². The highest BCUT2D eigenvalue weighted by molar-refractivity contribution is 6.35. The van der Waals surface area contributed by atoms with Crippen molar-refractivity contribution in [3.63, 3.8) is 0 Å². The normalized spacial score (nSPS) is 17.7. The van der Waals surface area contributed by atoms with Gasteiger partial charge in [0, 0.05) is 11.1 Å². The maximum atomic E-state index is 14.5. The van der Waals surface area contributed by atoms with Crippen molar-refractivity contribution in [1.82, 2.24) is 0 Å². The Bertz CT molecular complexity index is 1250. The lowest BCUT2D eigenvalue weighted by Gasteiger charge is -2.34. The number of hydrogen-bond donors (Lipinski definition) is 0. The summed E-state index contributed by atoms with van der Waals surface area (Å²) in [5.74, 6) is 0.0105. The van der Waals surface area contributed by atoms with Crippen LogP contribution in [0, 0.1) is 0 Å². The summed E-state index contributed by atoms with van der Waals surface area (Å²) in [6.45, 7) is 3.68. The van der Waals surface area contributed by atoms with Gasteiger partial charge in [0.2, 0.25) is 0 Å². The molecule has 0 N–H and O–H groups in total. The van der Waals surface area contributed by atoms with Gasteiger partial charge in [-0.1, -0.05) is 91.0 Å². The minimum Gasteiger partial charge on any atom is -0.292 e. The van der Waals surface area contributed by atoms with Crippen molar-refractivity contribution in [2.45, 2.75) is 19.3 Å². The number of allylic oxidation sites excluding steroid dienone is 6. The first-order valence-electron chi connectivity index (χ1n) is 10.5. The smallest absolute Gasteiger partial charge is 0.184 e. The summed E-state index contributed by atoms with van der Waals surface area (Å²) in [4.78, 5) is 27.6. The molecule has 0 saturated carbocycles. The average molecular weight is 402 g/mol. The molecular formula is C29H22O2. The van der Waals surface area contributed by atoms with Crippen molar-refractivity contribution in [2.24, 2.45) is 0 Å². The van der Waals surface area contributed by atoms with Gasteiger partial charge in [-0.15, -0.1) is 0 Å². The highest BCUT2D eigenvalue weighted by atomic mass is 16.1. The van der Waals surface area contributed by atoms with Crippen LogP contribution in [-0.4, -0.2) is 11.6 Å². The number of benzene rings is 3. The molecule has 2 aliphatic carbocycles. The number of carbonyl (C=O) groups excluding carboxylic acids is 2. The lowest BCUT2D eigenvalue weighted by atomic mass is 9.65. The number of fused-ring (bicyclic) bond motifs is 1. The van der Waals surface area contributed by atoms with Crippen LogP contribution < -0.4 is 0 Å². The van der Waals surface area contributed by atoms with E-state index in [1.54, 1.807) is 0 Å². The first-order chi connectivity index (χ1) is 15.1. The zero-order valence-electron chi connectivity index (χ0n) is 17.6. The van der Waals surface area contributed by atoms with E-state index in [1.165, 1.54) is 0 Å². The highest BCUT2D eigenvalue weighted by Gasteiger charge is 2.55. The van der Waals surface area contributed by atoms with Gasteiger partial charge in [0.05, 0.1) is 0 Å². The first-order valence-corrected chi connectivity index (χ1v) is 10.5. The van der Waals surface area contributed by atoms with Crippen molar-refractivity contribution in [3.05, 3.63) is 136 Å². The Morgan fingerprint density at radius 2 is 1.13 bits per heavy atom. The minimum absolute atomic E-state index is 0.00269. The van der Waals surface area contributed by atoms with E-state index in [4.69, 9.17) is 0 Å². The largest absolute Gasteiger partial charge is 0.292 e. The van der Waals surface area contributed by atoms with Crippen LogP contribution in [0.4, 0.5) is 0 Å². The molecule has 0 amide bonds. The number of Topliss-reactive ketones (excluding diaryl/α,β-unsaturated/α-hetero) is 2. The van der Waals surface area contributed by atoms with Crippen molar-refractivity contribution >= 4 is 17.1 Å². The van der Waals surface area contributed by atoms with E-state index in [-0.39, 0.29) is 11.6 Å². The maximum absolute atomic E-state index is 14.5. The van der Waals surface area contributed by atoms with Crippen molar-refractivity contribution in [1.29, 1.82) is 0 Å². The first kappa shape index (κ1) is 19.2. The van der Waals surface area contributed by atoms with E-state index < -0.39 is 5.41 Å². The van der Waals surface area contributed by atoms with Crippen LogP contribution in [0.2, 0.25) is 0 Å². The fourth-order valence-corrected chi connectivity index (χ4v) is 5.05. The van der Waals surface area contributed by atoms with Gasteiger partial charge >= 0.3 is 0 Å². The fourth-order valence-electron chi connectivity index (χ4n) is 5.05. The standard InChI is InChI=1S/C29H22O2/c1-19-18-24-25(21-12-6-3-7-13-21)28(31)29(22-14-8-4-9-15-22,23-16-10-5-11-17-23)26(24)20(2)27(19)30/h3-18H,1-2H3. The zero-order valence-corrected chi connectivity index (χ0v) is 17.6. The van der Waals surface area contributed by atoms with Crippen LogP contribution in [0.3, 0.4) is 0 Å². The van der Waals surface area contributed by atoms with E-state index >= 15 is 0 Å². The Kier molecular flexibility index (Phi) is 4.44. The summed E-state index contributed by atoms with van der Waals surface area (Å²) in [7, 11) is 0. The van der Waals surface area contributed by atoms with E-state index in [0.717, 1.165) is 27.8 Å². The molecule has 0 radical (unpaired) electrons. The molecule has 31 heavy (non-hydrogen) atoms. The number of ketones is 2. The molecule has 0 saturated heterocycles. The molecular weight excluding hydrogens is 380 g/mol. The summed E-state index contributed by atoms with van der Waals surface area (Å²) in [5, 5.41) is 0. The van der Waals surface area contributed by atoms with Crippen LogP contribution >= 0.6 is 0 Å². The number of rotatable bonds is 3. The van der Waals surface area contributed by atoms with Gasteiger partial charge in [-0.3, -0.25) is 9.59 Å². The topological polar surface area (TPSA) is 34.1 Å². The lowest BCUT2D eigenvalue weighted by molar-refractivity contribution is -0.116. The molecule has 0 aliphatic heterocycles. The van der Waals surface area contributed by atoms with Crippen LogP contribution in [0.1, 0.15) is 30.5 Å². The van der Waals surface area contributed by atoms with Gasteiger partial charge in [0.1, 0.15) is 5.41 Å². The second-order valence-corrected chi connectivity index (χ2v) is 8.12. The van der Waals surface area contributed by atoms with E-state index in [1.807, 2.05) is 111 Å². The van der Waals surface area contributed by atoms with Gasteiger partial charge in [0.15, 0.2) is 11.6 Å². The highest BCUT2D eigenvalue weighted by Crippen LogP contribution is 2.55. The Morgan fingerprint density at radius 3 is 1.65 bits per heavy atom. The van der Waals surface area contributed by atoms with Crippen LogP contribution in [-0.2, 0) is 15.0 Å². The van der Waals surface area contributed by atoms with Crippen LogP contribution in [0.5, 0.6) is 0 Å². The zero-order chi connectivity index (χ0) is 21.6. The third-order valence-corrected chi connectivity index (χ3v) is 6.39. The van der Waals surface area contributed by atoms with Crippen molar-refractivity contribution in [3.8, 4) is 0 Å². The van der Waals surface area contributed by atoms with Crippen LogP contribution in [0.25, 0.3) is 5.57 Å². The molecule has 0 bridgehead atoms. The lowest BCUT2D eigenvalue weighted by Crippen LogP contribution is -2.37. The van der Waals surface area contributed by atoms with Crippen molar-refractivity contribution in [2.75, 3.05) is 0 Å². The molecule has 0 heterocycles. The van der Waals surface area contributed by atoms with E-state index in [2.05, 4.69) is 0 Å². The Hall–Kier alpha value is -3.78. The molecule has 2 aliphatic rings. The molecule has 0 spiro atoms. The monoisotopic (exact) mass is 402 g/mol. The Morgan fingerprint density at radius 1 is 0.645 bits per heavy atom. The van der Waals surface area contributed by atoms with Crippen LogP contribution in [0.15, 0.2) is 119 Å². The number of carbonyl (C=O) groups is 2. The van der Waals surface area contributed by atoms with Gasteiger partial charge in [0.25, 0.3) is 0 Å². The molecule has 0 fully saturated rings. The SMILES string of the molecule is CC1=CC2=C(c3ccccc3)C(=O)C(c3ccccc3)(c3ccccc3)C2=C(C)C1=O. The summed E-state index contributed by atoms with van der Waals surface area (Å²) in [6, 6.07) is 29.5. The van der Waals surface area contributed by atoms with Gasteiger partial charge < -0.3 is 0 Å². The summed E-state index contributed by atoms with van der Waals surface area (Å²) < 4.78 is 0. The second-order valence-electron chi connectivity index (χ2n) is 8.12. The molecule has 2 nitrogen and oxygen atoms in total. The van der Waals surface area contributed by atoms with E-state index in [9.17, 15) is 9.59 Å². The predicted molar refractivity (Wildman–Crippen MR) is 123 cm³/mol. The van der Waals surface area contributed by atoms with Gasteiger partial charge in [-0.25, -0.2) is 0 Å². The van der Waals surface area contributed by atoms with Gasteiger partial charge in [-0.2, -0.15) is 0 Å². The quantitative estimate of drug-likeness (QED) is 0.550. The summed E-state index contributed by atoms with van der Waals surface area (Å²) in [6.07, 6.45) is 1.90. The average Bonchev–Trinajstić information content (AvgIpc) is 3.08. The minimum atomic E-state index is -1.06. The van der Waals surface area contributed by atoms with Gasteiger partial charge in [-0.05, 0) is 53.3 Å². The molecule has 3 aromatic carbocycles. The molecule has 0 unspecified atom stereocenters. The molecule has 0 atom stereocenters. The Balaban J connectivity index is 1.94. The number of hydrogen-bond acceptors (Lipinski definition) is 2. The summed E-state index contributed by atoms with van der Waals surface area (Å²) in [5.41, 5.74) is 5.23. The molecule has 2 heteroatoms. The predicted octanol–water partition coefficient (Wildman–Crippen LogP) is 5.85. The molecule has 150 valence electrons. The maximum Gasteiger partial charge on any atom is 0.184 e. The van der Waals surface area contributed by atoms with Crippen molar-refractivity contribution < 1.29 is 9.59 Å². The molecule has 5 rings (SSSR count). The molecule has 3 aromatic rings. The second kappa shape index (κ2) is 7.17. The third kappa shape index (κ3) is 2.65. The summed E-state index contributed by atoms with van der Waals surface area (Å²) >= 11 is 0. The fraction of sp³-hybridized carbons (Fsp3) is 0.103.